The molecule has 5 aromatic carbocycles. The first-order valence-corrected chi connectivity index (χ1v) is 17.6. The Balaban J connectivity index is 1.47. The van der Waals surface area contributed by atoms with E-state index in [0.29, 0.717) is 37.2 Å². The van der Waals surface area contributed by atoms with Gasteiger partial charge < -0.3 is 4.90 Å². The summed E-state index contributed by atoms with van der Waals surface area (Å²) >= 11 is 6.08. The van der Waals surface area contributed by atoms with Gasteiger partial charge in [-0.3, -0.25) is 4.79 Å². The van der Waals surface area contributed by atoms with E-state index in [1.807, 2.05) is 102 Å². The number of hydrogen-bond acceptors (Lipinski definition) is 5. The SMILES string of the molecule is O=C(c1ccc(Cl)cc1)c1ccc2c(c1)c(N1CCN(S(=O)(=O)C(F)(F)F)CC1)nn2C(c1ccccc1)(c1ccccc1)c1ccccc1. The molecule has 1 aromatic heterocycles. The van der Waals surface area contributed by atoms with Crippen molar-refractivity contribution in [2.75, 3.05) is 31.1 Å². The van der Waals surface area contributed by atoms with E-state index >= 15 is 0 Å². The molecule has 0 radical (unpaired) electrons. The predicted octanol–water partition coefficient (Wildman–Crippen LogP) is 7.73. The van der Waals surface area contributed by atoms with E-state index in [1.54, 1.807) is 41.3 Å². The number of hydrogen-bond donors (Lipinski definition) is 0. The standard InChI is InChI=1S/C38H30ClF3N4O3S/c39-32-19-16-27(17-20-32)35(47)28-18-21-34-33(26-28)36(44-22-24-45(25-23-44)50(48,49)38(40,41)42)43-46(34)37(29-10-4-1-5-11-29,30-12-6-2-7-13-30)31-14-8-3-9-15-31/h1-21,26H,22-25H2. The Bertz CT molecular complexity index is 2160. The average Bonchev–Trinajstić information content (AvgIpc) is 3.52. The number of alkyl halides is 3. The molecule has 0 spiro atoms. The first-order chi connectivity index (χ1) is 24.0. The van der Waals surface area contributed by atoms with Gasteiger partial charge in [-0.15, -0.1) is 0 Å². The van der Waals surface area contributed by atoms with Crippen LogP contribution in [0.3, 0.4) is 0 Å². The molecule has 6 aromatic rings. The van der Waals surface area contributed by atoms with Gasteiger partial charge in [0.25, 0.3) is 0 Å². The van der Waals surface area contributed by atoms with Crippen LogP contribution in [-0.4, -0.2) is 60.0 Å². The number of sulfonamides is 1. The number of nitrogens with zero attached hydrogens (tertiary/aromatic N) is 4. The van der Waals surface area contributed by atoms with Gasteiger partial charge in [0.1, 0.15) is 5.54 Å². The van der Waals surface area contributed by atoms with Crippen molar-refractivity contribution in [1.82, 2.24) is 14.1 Å². The van der Waals surface area contributed by atoms with Gasteiger partial charge in [-0.1, -0.05) is 103 Å². The second kappa shape index (κ2) is 13.1. The van der Waals surface area contributed by atoms with Crippen LogP contribution >= 0.6 is 11.6 Å². The second-order valence-corrected chi connectivity index (χ2v) is 14.3. The predicted molar refractivity (Wildman–Crippen MR) is 188 cm³/mol. The lowest BCUT2D eigenvalue weighted by atomic mass is 9.77. The lowest BCUT2D eigenvalue weighted by molar-refractivity contribution is -0.0490. The molecule has 0 N–H and O–H groups in total. The summed E-state index contributed by atoms with van der Waals surface area (Å²) in [6.45, 7) is -0.876. The largest absolute Gasteiger partial charge is 0.511 e. The molecule has 2 heterocycles. The summed E-state index contributed by atoms with van der Waals surface area (Å²) in [5, 5.41) is 6.34. The molecule has 7 nitrogen and oxygen atoms in total. The fourth-order valence-corrected chi connectivity index (χ4v) is 7.76. The minimum Gasteiger partial charge on any atom is -0.352 e. The molecule has 0 aliphatic carbocycles. The smallest absolute Gasteiger partial charge is 0.352 e. The summed E-state index contributed by atoms with van der Waals surface area (Å²) in [5.74, 6) is 0.172. The molecule has 1 aliphatic heterocycles. The number of halogens is 4. The van der Waals surface area contributed by atoms with Crippen LogP contribution < -0.4 is 4.90 Å². The fraction of sp³-hybridized carbons (Fsp3) is 0.158. The second-order valence-electron chi connectivity index (χ2n) is 11.9. The molecular formula is C38H30ClF3N4O3S. The number of carbonyl (C=O) groups excluding carboxylic acids is 1. The van der Waals surface area contributed by atoms with E-state index < -0.39 is 21.1 Å². The Morgan fingerprint density at radius 3 is 1.62 bits per heavy atom. The quantitative estimate of drug-likeness (QED) is 0.119. The molecule has 1 aliphatic rings. The van der Waals surface area contributed by atoms with Gasteiger partial charge in [0.15, 0.2) is 11.6 Å². The molecule has 12 heteroatoms. The molecule has 1 fully saturated rings. The summed E-state index contributed by atoms with van der Waals surface area (Å²) in [4.78, 5) is 15.5. The lowest BCUT2D eigenvalue weighted by Gasteiger charge is -2.37. The summed E-state index contributed by atoms with van der Waals surface area (Å²) in [6.07, 6.45) is 0. The van der Waals surface area contributed by atoms with Crippen LogP contribution in [0.5, 0.6) is 0 Å². The molecule has 1 saturated heterocycles. The molecule has 50 heavy (non-hydrogen) atoms. The number of ketones is 1. The third-order valence-corrected chi connectivity index (χ3v) is 11.0. The Morgan fingerprint density at radius 1 is 0.660 bits per heavy atom. The fourth-order valence-electron chi connectivity index (χ4n) is 6.69. The number of rotatable bonds is 8. The van der Waals surface area contributed by atoms with E-state index in [4.69, 9.17) is 16.7 Å². The van der Waals surface area contributed by atoms with Crippen LogP contribution in [0.2, 0.25) is 5.02 Å². The van der Waals surface area contributed by atoms with E-state index in [0.717, 1.165) is 16.7 Å². The van der Waals surface area contributed by atoms with E-state index in [9.17, 15) is 26.4 Å². The number of benzene rings is 5. The van der Waals surface area contributed by atoms with Gasteiger partial charge in [0.2, 0.25) is 0 Å². The van der Waals surface area contributed by atoms with Crippen molar-refractivity contribution >= 4 is 44.1 Å². The van der Waals surface area contributed by atoms with Crippen molar-refractivity contribution in [1.29, 1.82) is 0 Å². The third-order valence-electron chi connectivity index (χ3n) is 9.09. The molecular weight excluding hydrogens is 685 g/mol. The number of anilines is 1. The van der Waals surface area contributed by atoms with Crippen LogP contribution in [0.25, 0.3) is 10.9 Å². The van der Waals surface area contributed by atoms with Crippen LogP contribution in [0, 0.1) is 0 Å². The van der Waals surface area contributed by atoms with Crippen molar-refractivity contribution in [2.45, 2.75) is 11.0 Å². The normalized spacial score (nSPS) is 14.6. The number of carbonyl (C=O) groups is 1. The number of piperazine rings is 1. The lowest BCUT2D eigenvalue weighted by Crippen LogP contribution is -2.52. The Kier molecular flexibility index (Phi) is 8.75. The monoisotopic (exact) mass is 714 g/mol. The Morgan fingerprint density at radius 2 is 1.14 bits per heavy atom. The van der Waals surface area contributed by atoms with Gasteiger partial charge in [-0.2, -0.15) is 22.6 Å². The van der Waals surface area contributed by atoms with Crippen molar-refractivity contribution in [3.63, 3.8) is 0 Å². The summed E-state index contributed by atoms with van der Waals surface area (Å²) < 4.78 is 67.2. The van der Waals surface area contributed by atoms with Gasteiger partial charge in [-0.25, -0.2) is 13.1 Å². The third kappa shape index (κ3) is 5.74. The molecule has 254 valence electrons. The van der Waals surface area contributed by atoms with E-state index in [-0.39, 0.29) is 32.0 Å². The van der Waals surface area contributed by atoms with E-state index in [1.165, 1.54) is 0 Å². The minimum atomic E-state index is -5.50. The highest BCUT2D eigenvalue weighted by molar-refractivity contribution is 7.90. The molecule has 7 rings (SSSR count). The van der Waals surface area contributed by atoms with Crippen LogP contribution in [0.1, 0.15) is 32.6 Å². The number of aromatic nitrogens is 2. The van der Waals surface area contributed by atoms with Crippen molar-refractivity contribution in [3.05, 3.63) is 166 Å². The van der Waals surface area contributed by atoms with Gasteiger partial charge in [-0.05, 0) is 59.2 Å². The zero-order valence-electron chi connectivity index (χ0n) is 26.5. The Labute approximate surface area is 292 Å². The zero-order valence-corrected chi connectivity index (χ0v) is 28.0. The first-order valence-electron chi connectivity index (χ1n) is 15.8. The number of fused-ring (bicyclic) bond motifs is 1. The van der Waals surface area contributed by atoms with Gasteiger partial charge >= 0.3 is 15.5 Å². The van der Waals surface area contributed by atoms with Gasteiger partial charge in [0.05, 0.1) is 5.52 Å². The highest BCUT2D eigenvalue weighted by Gasteiger charge is 2.50. The van der Waals surface area contributed by atoms with Crippen molar-refractivity contribution in [3.8, 4) is 0 Å². The maximum absolute atomic E-state index is 13.7. The van der Waals surface area contributed by atoms with Crippen molar-refractivity contribution < 1.29 is 26.4 Å². The summed E-state index contributed by atoms with van der Waals surface area (Å²) in [6, 6.07) is 41.5. The summed E-state index contributed by atoms with van der Waals surface area (Å²) in [7, 11) is -5.50. The molecule has 0 saturated carbocycles. The van der Waals surface area contributed by atoms with Crippen molar-refractivity contribution in [2.24, 2.45) is 0 Å². The molecule has 0 unspecified atom stereocenters. The van der Waals surface area contributed by atoms with Gasteiger partial charge in [0, 0.05) is 47.7 Å². The first kappa shape index (κ1) is 33.5. The van der Waals surface area contributed by atoms with Crippen LogP contribution in [0.15, 0.2) is 133 Å². The van der Waals surface area contributed by atoms with E-state index in [2.05, 4.69) is 0 Å². The minimum absolute atomic E-state index is 0.0498. The van der Waals surface area contributed by atoms with Crippen LogP contribution in [0.4, 0.5) is 19.0 Å². The maximum Gasteiger partial charge on any atom is 0.511 e. The summed E-state index contributed by atoms with van der Waals surface area (Å²) in [5.41, 5.74) is -2.27. The maximum atomic E-state index is 13.7. The highest BCUT2D eigenvalue weighted by Crippen LogP contribution is 2.44. The molecule has 0 bridgehead atoms. The topological polar surface area (TPSA) is 75.5 Å². The average molecular weight is 715 g/mol. The Hall–Kier alpha value is -4.97. The molecule has 0 atom stereocenters. The highest BCUT2D eigenvalue weighted by atomic mass is 35.5. The van der Waals surface area contributed by atoms with Crippen LogP contribution in [-0.2, 0) is 15.6 Å². The molecule has 0 amide bonds. The zero-order chi connectivity index (χ0) is 35.1.